The molecule has 1 N–H and O–H groups in total. The molecule has 0 aromatic heterocycles. The minimum atomic E-state index is 0.152. The van der Waals surface area contributed by atoms with E-state index >= 15 is 0 Å². The van der Waals surface area contributed by atoms with Gasteiger partial charge in [-0.15, -0.1) is 23.2 Å². The normalized spacial score (nSPS) is 21.0. The molecular formula is C15H18Cl3N. The first-order chi connectivity index (χ1) is 9.19. The highest BCUT2D eigenvalue weighted by atomic mass is 35.5. The van der Waals surface area contributed by atoms with Crippen molar-refractivity contribution in [2.24, 2.45) is 0 Å². The van der Waals surface area contributed by atoms with Gasteiger partial charge in [-0.25, -0.2) is 0 Å². The summed E-state index contributed by atoms with van der Waals surface area (Å²) in [5, 5.41) is 4.42. The van der Waals surface area contributed by atoms with Crippen molar-refractivity contribution < 1.29 is 0 Å². The molecule has 0 radical (unpaired) electrons. The Hall–Kier alpha value is -0.210. The van der Waals surface area contributed by atoms with Gasteiger partial charge in [-0.3, -0.25) is 0 Å². The summed E-state index contributed by atoms with van der Waals surface area (Å²) < 4.78 is 0. The zero-order chi connectivity index (χ0) is 13.7. The Balaban J connectivity index is 1.96. The van der Waals surface area contributed by atoms with Crippen LogP contribution in [-0.4, -0.2) is 23.8 Å². The van der Waals surface area contributed by atoms with E-state index in [-0.39, 0.29) is 5.38 Å². The molecular weight excluding hydrogens is 301 g/mol. The first-order valence-electron chi connectivity index (χ1n) is 6.57. The Morgan fingerprint density at radius 1 is 1.26 bits per heavy atom. The molecule has 0 aliphatic carbocycles. The number of hydrogen-bond acceptors (Lipinski definition) is 1. The van der Waals surface area contributed by atoms with Gasteiger partial charge in [0, 0.05) is 28.9 Å². The topological polar surface area (TPSA) is 12.0 Å². The van der Waals surface area contributed by atoms with E-state index in [0.717, 1.165) is 30.8 Å². The van der Waals surface area contributed by atoms with Crippen LogP contribution in [-0.2, 0) is 0 Å². The molecule has 1 aliphatic rings. The molecule has 2 unspecified atom stereocenters. The second-order valence-corrected chi connectivity index (χ2v) is 6.29. The average Bonchev–Trinajstić information content (AvgIpc) is 2.40. The summed E-state index contributed by atoms with van der Waals surface area (Å²) in [5.74, 6) is 0.626. The summed E-state index contributed by atoms with van der Waals surface area (Å²) in [6.45, 7) is 0.896. The van der Waals surface area contributed by atoms with E-state index in [4.69, 9.17) is 34.8 Å². The number of halogens is 3. The van der Waals surface area contributed by atoms with Crippen molar-refractivity contribution in [1.29, 1.82) is 0 Å². The first-order valence-corrected chi connectivity index (χ1v) is 7.92. The predicted octanol–water partition coefficient (Wildman–Crippen LogP) is 4.71. The molecule has 2 rings (SSSR count). The maximum atomic E-state index is 6.27. The highest BCUT2D eigenvalue weighted by molar-refractivity contribution is 6.30. The van der Waals surface area contributed by atoms with Crippen molar-refractivity contribution in [2.45, 2.75) is 30.7 Å². The van der Waals surface area contributed by atoms with Gasteiger partial charge in [-0.1, -0.05) is 29.8 Å². The standard InChI is InChI=1S/C15H18Cl3N/c16-7-5-14(18)10-15-9-12(6-8-19-15)11-1-3-13(17)4-2-11/h1-4,6,14-15,19H,5,7-10H2. The van der Waals surface area contributed by atoms with Gasteiger partial charge in [0.25, 0.3) is 0 Å². The van der Waals surface area contributed by atoms with Crippen LogP contribution in [0.15, 0.2) is 30.3 Å². The average molecular weight is 319 g/mol. The lowest BCUT2D eigenvalue weighted by molar-refractivity contribution is 0.487. The third-order valence-electron chi connectivity index (χ3n) is 3.40. The molecule has 1 aliphatic heterocycles. The van der Waals surface area contributed by atoms with Crippen molar-refractivity contribution in [2.75, 3.05) is 12.4 Å². The minimum Gasteiger partial charge on any atom is -0.310 e. The van der Waals surface area contributed by atoms with Crippen LogP contribution in [0.4, 0.5) is 0 Å². The van der Waals surface area contributed by atoms with E-state index in [9.17, 15) is 0 Å². The summed E-state index contributed by atoms with van der Waals surface area (Å²) in [4.78, 5) is 0. The van der Waals surface area contributed by atoms with Crippen molar-refractivity contribution in [3.63, 3.8) is 0 Å². The SMILES string of the molecule is ClCCC(Cl)CC1CC(c2ccc(Cl)cc2)=CCN1. The van der Waals surface area contributed by atoms with Gasteiger partial charge in [-0.05, 0) is 42.5 Å². The fraction of sp³-hybridized carbons (Fsp3) is 0.467. The van der Waals surface area contributed by atoms with Gasteiger partial charge < -0.3 is 5.32 Å². The Labute approximate surface area is 129 Å². The maximum Gasteiger partial charge on any atom is 0.0406 e. The van der Waals surface area contributed by atoms with Crippen molar-refractivity contribution in [3.8, 4) is 0 Å². The molecule has 19 heavy (non-hydrogen) atoms. The van der Waals surface area contributed by atoms with E-state index in [1.54, 1.807) is 0 Å². The third-order valence-corrected chi connectivity index (χ3v) is 4.27. The highest BCUT2D eigenvalue weighted by Gasteiger charge is 2.19. The van der Waals surface area contributed by atoms with Crippen LogP contribution in [0.5, 0.6) is 0 Å². The molecule has 1 aromatic rings. The summed E-state index contributed by atoms with van der Waals surface area (Å²) in [6, 6.07) is 8.46. The Kier molecular flexibility index (Phi) is 6.03. The van der Waals surface area contributed by atoms with Crippen molar-refractivity contribution in [1.82, 2.24) is 5.32 Å². The van der Waals surface area contributed by atoms with E-state index in [1.807, 2.05) is 12.1 Å². The molecule has 0 fully saturated rings. The molecule has 0 saturated carbocycles. The van der Waals surface area contributed by atoms with Gasteiger partial charge in [0.15, 0.2) is 0 Å². The van der Waals surface area contributed by atoms with Crippen LogP contribution < -0.4 is 5.32 Å². The largest absolute Gasteiger partial charge is 0.310 e. The van der Waals surface area contributed by atoms with E-state index in [2.05, 4.69) is 23.5 Å². The number of rotatable bonds is 5. The van der Waals surface area contributed by atoms with Gasteiger partial charge in [0.2, 0.25) is 0 Å². The molecule has 0 saturated heterocycles. The van der Waals surface area contributed by atoms with Gasteiger partial charge in [0.05, 0.1) is 0 Å². The number of alkyl halides is 2. The molecule has 2 atom stereocenters. The van der Waals surface area contributed by atoms with E-state index in [0.29, 0.717) is 11.9 Å². The van der Waals surface area contributed by atoms with Gasteiger partial charge >= 0.3 is 0 Å². The number of hydrogen-bond donors (Lipinski definition) is 1. The fourth-order valence-electron chi connectivity index (χ4n) is 2.38. The van der Waals surface area contributed by atoms with E-state index in [1.165, 1.54) is 11.1 Å². The summed E-state index contributed by atoms with van der Waals surface area (Å²) in [7, 11) is 0. The van der Waals surface area contributed by atoms with Crippen LogP contribution >= 0.6 is 34.8 Å². The van der Waals surface area contributed by atoms with Crippen molar-refractivity contribution in [3.05, 3.63) is 40.9 Å². The second kappa shape index (κ2) is 7.54. The molecule has 1 aromatic carbocycles. The molecule has 1 nitrogen and oxygen atoms in total. The maximum absolute atomic E-state index is 6.27. The fourth-order valence-corrected chi connectivity index (χ4v) is 3.21. The van der Waals surface area contributed by atoms with Crippen molar-refractivity contribution >= 4 is 40.4 Å². The van der Waals surface area contributed by atoms with Gasteiger partial charge in [0.1, 0.15) is 0 Å². The highest BCUT2D eigenvalue weighted by Crippen LogP contribution is 2.26. The molecule has 0 spiro atoms. The molecule has 104 valence electrons. The molecule has 4 heteroatoms. The Morgan fingerprint density at radius 2 is 2.00 bits per heavy atom. The smallest absolute Gasteiger partial charge is 0.0406 e. The van der Waals surface area contributed by atoms with Crippen LogP contribution in [0.3, 0.4) is 0 Å². The number of benzene rings is 1. The third kappa shape index (κ3) is 4.68. The predicted molar refractivity (Wildman–Crippen MR) is 85.4 cm³/mol. The van der Waals surface area contributed by atoms with Gasteiger partial charge in [-0.2, -0.15) is 0 Å². The lowest BCUT2D eigenvalue weighted by Crippen LogP contribution is -2.35. The summed E-state index contributed by atoms with van der Waals surface area (Å²) in [5.41, 5.74) is 2.62. The minimum absolute atomic E-state index is 0.152. The Morgan fingerprint density at radius 3 is 2.68 bits per heavy atom. The van der Waals surface area contributed by atoms with E-state index < -0.39 is 0 Å². The monoisotopic (exact) mass is 317 g/mol. The lowest BCUT2D eigenvalue weighted by Gasteiger charge is -2.26. The molecule has 0 bridgehead atoms. The Bertz CT molecular complexity index is 428. The lowest BCUT2D eigenvalue weighted by atomic mass is 9.93. The van der Waals surface area contributed by atoms with Crippen LogP contribution in [0.2, 0.25) is 5.02 Å². The first kappa shape index (κ1) is 15.2. The second-order valence-electron chi connectivity index (χ2n) is 4.86. The zero-order valence-corrected chi connectivity index (χ0v) is 13.0. The quantitative estimate of drug-likeness (QED) is 0.775. The zero-order valence-electron chi connectivity index (χ0n) is 10.7. The summed E-state index contributed by atoms with van der Waals surface area (Å²) in [6.07, 6.45) is 5.07. The van der Waals surface area contributed by atoms with Crippen LogP contribution in [0.25, 0.3) is 5.57 Å². The molecule has 0 amide bonds. The molecule has 1 heterocycles. The summed E-state index contributed by atoms with van der Waals surface area (Å²) >= 11 is 17.9. The number of nitrogens with one attached hydrogen (secondary N) is 1. The van der Waals surface area contributed by atoms with Crippen LogP contribution in [0.1, 0.15) is 24.8 Å². The van der Waals surface area contributed by atoms with Crippen LogP contribution in [0, 0.1) is 0 Å².